The minimum atomic E-state index is 0.572. The first kappa shape index (κ1) is 12.2. The van der Waals surface area contributed by atoms with Crippen molar-refractivity contribution >= 4 is 17.3 Å². The number of hydrogen-bond donors (Lipinski definition) is 0. The Kier molecular flexibility index (Phi) is 3.71. The molecule has 4 heteroatoms. The molecule has 2 fully saturated rings. The molecular formula is C14H20ClN3. The van der Waals surface area contributed by atoms with Crippen molar-refractivity contribution in [3.63, 3.8) is 0 Å². The Labute approximate surface area is 114 Å². The van der Waals surface area contributed by atoms with Crippen LogP contribution in [-0.2, 0) is 5.88 Å². The highest BCUT2D eigenvalue weighted by Crippen LogP contribution is 2.27. The van der Waals surface area contributed by atoms with Gasteiger partial charge in [-0.15, -0.1) is 11.6 Å². The second kappa shape index (κ2) is 5.45. The number of piperidine rings is 1. The summed E-state index contributed by atoms with van der Waals surface area (Å²) in [5.74, 6) is 0.572. The van der Waals surface area contributed by atoms with Crippen molar-refractivity contribution in [3.8, 4) is 0 Å². The Morgan fingerprint density at radius 2 is 2.22 bits per heavy atom. The lowest BCUT2D eigenvalue weighted by Crippen LogP contribution is -2.55. The molecule has 1 atom stereocenters. The van der Waals surface area contributed by atoms with E-state index in [1.165, 1.54) is 43.6 Å². The van der Waals surface area contributed by atoms with Crippen LogP contribution in [0.15, 0.2) is 18.5 Å². The molecule has 3 nitrogen and oxygen atoms in total. The number of nitrogens with zero attached hydrogens (tertiary/aromatic N) is 3. The van der Waals surface area contributed by atoms with Gasteiger partial charge in [-0.2, -0.15) is 0 Å². The number of anilines is 1. The molecule has 0 aromatic carbocycles. The van der Waals surface area contributed by atoms with Crippen LogP contribution in [0.25, 0.3) is 0 Å². The van der Waals surface area contributed by atoms with Crippen molar-refractivity contribution in [1.29, 1.82) is 0 Å². The monoisotopic (exact) mass is 265 g/mol. The van der Waals surface area contributed by atoms with Crippen molar-refractivity contribution in [1.82, 2.24) is 9.88 Å². The molecule has 0 aliphatic carbocycles. The molecule has 18 heavy (non-hydrogen) atoms. The zero-order valence-electron chi connectivity index (χ0n) is 10.7. The summed E-state index contributed by atoms with van der Waals surface area (Å²) < 4.78 is 0. The molecule has 0 radical (unpaired) electrons. The van der Waals surface area contributed by atoms with E-state index < -0.39 is 0 Å². The summed E-state index contributed by atoms with van der Waals surface area (Å²) in [6.45, 7) is 4.71. The number of halogens is 1. The molecule has 2 aliphatic heterocycles. The topological polar surface area (TPSA) is 19.4 Å². The third kappa shape index (κ3) is 2.34. The zero-order chi connectivity index (χ0) is 12.4. The van der Waals surface area contributed by atoms with Crippen LogP contribution in [0.5, 0.6) is 0 Å². The van der Waals surface area contributed by atoms with E-state index in [0.717, 1.165) is 19.1 Å². The molecule has 0 bridgehead atoms. The van der Waals surface area contributed by atoms with Crippen LogP contribution in [0.1, 0.15) is 24.8 Å². The Hall–Kier alpha value is -0.800. The SMILES string of the molecule is ClCc1ccncc1N1CCN2CCCCC2C1. The van der Waals surface area contributed by atoms with E-state index >= 15 is 0 Å². The smallest absolute Gasteiger partial charge is 0.0598 e. The maximum atomic E-state index is 6.02. The number of pyridine rings is 1. The van der Waals surface area contributed by atoms with E-state index in [2.05, 4.69) is 14.8 Å². The molecule has 0 amide bonds. The predicted molar refractivity (Wildman–Crippen MR) is 75.2 cm³/mol. The van der Waals surface area contributed by atoms with Gasteiger partial charge in [0.25, 0.3) is 0 Å². The normalized spacial score (nSPS) is 24.9. The predicted octanol–water partition coefficient (Wildman–Crippen LogP) is 2.49. The van der Waals surface area contributed by atoms with Crippen LogP contribution >= 0.6 is 11.6 Å². The minimum Gasteiger partial charge on any atom is -0.367 e. The van der Waals surface area contributed by atoms with Gasteiger partial charge in [-0.05, 0) is 31.0 Å². The molecule has 0 N–H and O–H groups in total. The highest BCUT2D eigenvalue weighted by atomic mass is 35.5. The largest absolute Gasteiger partial charge is 0.367 e. The Balaban J connectivity index is 1.77. The summed E-state index contributed by atoms with van der Waals surface area (Å²) in [4.78, 5) is 9.38. The van der Waals surface area contributed by atoms with E-state index in [0.29, 0.717) is 5.88 Å². The van der Waals surface area contributed by atoms with Crippen molar-refractivity contribution in [2.45, 2.75) is 31.2 Å². The highest BCUT2D eigenvalue weighted by molar-refractivity contribution is 6.17. The van der Waals surface area contributed by atoms with Crippen LogP contribution in [0.3, 0.4) is 0 Å². The fourth-order valence-corrected chi connectivity index (χ4v) is 3.41. The van der Waals surface area contributed by atoms with Crippen molar-refractivity contribution in [2.75, 3.05) is 31.1 Å². The summed E-state index contributed by atoms with van der Waals surface area (Å²) in [6, 6.07) is 2.77. The molecular weight excluding hydrogens is 246 g/mol. The standard InChI is InChI=1S/C14H20ClN3/c15-9-12-4-5-16-10-14(12)18-8-7-17-6-2-1-3-13(17)11-18/h4-5,10,13H,1-3,6-9,11H2. The van der Waals surface area contributed by atoms with Gasteiger partial charge in [0.15, 0.2) is 0 Å². The van der Waals surface area contributed by atoms with E-state index in [1.807, 2.05) is 18.5 Å². The van der Waals surface area contributed by atoms with Crippen molar-refractivity contribution in [3.05, 3.63) is 24.0 Å². The molecule has 98 valence electrons. The van der Waals surface area contributed by atoms with Gasteiger partial charge in [-0.1, -0.05) is 6.42 Å². The van der Waals surface area contributed by atoms with Gasteiger partial charge in [0, 0.05) is 37.8 Å². The van der Waals surface area contributed by atoms with E-state index in [4.69, 9.17) is 11.6 Å². The number of fused-ring (bicyclic) bond motifs is 1. The number of piperazine rings is 1. The van der Waals surface area contributed by atoms with Gasteiger partial charge in [0.1, 0.15) is 0 Å². The Morgan fingerprint density at radius 1 is 1.28 bits per heavy atom. The molecule has 1 aromatic rings. The maximum Gasteiger partial charge on any atom is 0.0598 e. The first-order valence-electron chi connectivity index (χ1n) is 6.86. The second-order valence-corrected chi connectivity index (χ2v) is 5.54. The number of hydrogen-bond acceptors (Lipinski definition) is 3. The molecule has 0 saturated carbocycles. The lowest BCUT2D eigenvalue weighted by Gasteiger charge is -2.45. The van der Waals surface area contributed by atoms with E-state index in [1.54, 1.807) is 0 Å². The van der Waals surface area contributed by atoms with Crippen LogP contribution in [0.2, 0.25) is 0 Å². The van der Waals surface area contributed by atoms with Crippen molar-refractivity contribution < 1.29 is 0 Å². The lowest BCUT2D eigenvalue weighted by molar-refractivity contribution is 0.133. The molecule has 3 heterocycles. The molecule has 1 unspecified atom stereocenters. The van der Waals surface area contributed by atoms with Crippen molar-refractivity contribution in [2.24, 2.45) is 0 Å². The summed E-state index contributed by atoms with van der Waals surface area (Å²) in [6.07, 6.45) is 7.89. The van der Waals surface area contributed by atoms with Gasteiger partial charge in [-0.25, -0.2) is 0 Å². The molecule has 1 aromatic heterocycles. The van der Waals surface area contributed by atoms with Gasteiger partial charge < -0.3 is 4.90 Å². The van der Waals surface area contributed by atoms with Gasteiger partial charge in [0.05, 0.1) is 11.9 Å². The zero-order valence-corrected chi connectivity index (χ0v) is 11.4. The summed E-state index contributed by atoms with van der Waals surface area (Å²) in [5.41, 5.74) is 2.44. The van der Waals surface area contributed by atoms with Gasteiger partial charge >= 0.3 is 0 Å². The third-order valence-electron chi connectivity index (χ3n) is 4.21. The second-order valence-electron chi connectivity index (χ2n) is 5.27. The summed E-state index contributed by atoms with van der Waals surface area (Å²) in [7, 11) is 0. The first-order chi connectivity index (χ1) is 8.88. The first-order valence-corrected chi connectivity index (χ1v) is 7.40. The fourth-order valence-electron chi connectivity index (χ4n) is 3.19. The average molecular weight is 266 g/mol. The van der Waals surface area contributed by atoms with Crippen LogP contribution < -0.4 is 4.90 Å². The van der Waals surface area contributed by atoms with Crippen LogP contribution in [-0.4, -0.2) is 42.1 Å². The van der Waals surface area contributed by atoms with Crippen LogP contribution in [0.4, 0.5) is 5.69 Å². The Morgan fingerprint density at radius 3 is 3.11 bits per heavy atom. The quantitative estimate of drug-likeness (QED) is 0.766. The van der Waals surface area contributed by atoms with E-state index in [9.17, 15) is 0 Å². The van der Waals surface area contributed by atoms with Gasteiger partial charge in [0.2, 0.25) is 0 Å². The van der Waals surface area contributed by atoms with Crippen LogP contribution in [0, 0.1) is 0 Å². The molecule has 2 saturated heterocycles. The summed E-state index contributed by atoms with van der Waals surface area (Å²) >= 11 is 6.02. The molecule has 2 aliphatic rings. The third-order valence-corrected chi connectivity index (χ3v) is 4.50. The molecule has 0 spiro atoms. The summed E-state index contributed by atoms with van der Waals surface area (Å²) in [5, 5.41) is 0. The number of alkyl halides is 1. The number of aromatic nitrogens is 1. The molecule has 3 rings (SSSR count). The minimum absolute atomic E-state index is 0.572. The maximum absolute atomic E-state index is 6.02. The average Bonchev–Trinajstić information content (AvgIpc) is 2.46. The van der Waals surface area contributed by atoms with E-state index in [-0.39, 0.29) is 0 Å². The van der Waals surface area contributed by atoms with Gasteiger partial charge in [-0.3, -0.25) is 9.88 Å². The number of rotatable bonds is 2. The Bertz CT molecular complexity index is 410. The highest BCUT2D eigenvalue weighted by Gasteiger charge is 2.29. The fraction of sp³-hybridized carbons (Fsp3) is 0.643. The lowest BCUT2D eigenvalue weighted by atomic mass is 9.99.